The largest absolute Gasteiger partial charge is 0.378 e. The molecule has 1 saturated carbocycles. The quantitative estimate of drug-likeness (QED) is 0.316. The molecule has 0 spiro atoms. The van der Waals surface area contributed by atoms with Crippen LogP contribution in [0.3, 0.4) is 0 Å². The van der Waals surface area contributed by atoms with Crippen molar-refractivity contribution >= 4 is 29.9 Å². The van der Waals surface area contributed by atoms with Gasteiger partial charge in [-0.2, -0.15) is 0 Å². The Morgan fingerprint density at radius 1 is 1.27 bits per heavy atom. The van der Waals surface area contributed by atoms with E-state index in [0.29, 0.717) is 18.7 Å². The van der Waals surface area contributed by atoms with Gasteiger partial charge in [0.25, 0.3) is 0 Å². The summed E-state index contributed by atoms with van der Waals surface area (Å²) in [4.78, 5) is 7.11. The number of halogens is 1. The summed E-state index contributed by atoms with van der Waals surface area (Å²) >= 11 is 0. The van der Waals surface area contributed by atoms with Crippen LogP contribution in [0.1, 0.15) is 47.0 Å². The first-order valence-electron chi connectivity index (χ1n) is 10.1. The number of ether oxygens (including phenoxy) is 2. The van der Waals surface area contributed by atoms with Crippen molar-refractivity contribution in [2.24, 2.45) is 10.4 Å². The fourth-order valence-electron chi connectivity index (χ4n) is 4.24. The van der Waals surface area contributed by atoms with E-state index in [4.69, 9.17) is 14.5 Å². The second kappa shape index (κ2) is 11.7. The molecule has 0 aromatic rings. The number of aliphatic imine (C=N–C) groups is 1. The van der Waals surface area contributed by atoms with E-state index in [1.54, 1.807) is 0 Å². The van der Waals surface area contributed by atoms with Gasteiger partial charge in [0.05, 0.1) is 25.4 Å². The molecule has 3 unspecified atom stereocenters. The van der Waals surface area contributed by atoms with Crippen molar-refractivity contribution in [1.29, 1.82) is 0 Å². The Bertz CT molecular complexity index is 432. The van der Waals surface area contributed by atoms with Crippen molar-refractivity contribution in [3.05, 3.63) is 0 Å². The maximum atomic E-state index is 5.99. The minimum atomic E-state index is 0. The molecule has 0 aromatic carbocycles. The summed E-state index contributed by atoms with van der Waals surface area (Å²) in [6.07, 6.45) is 3.86. The molecular weight excluding hydrogens is 443 g/mol. The number of rotatable bonds is 8. The van der Waals surface area contributed by atoms with Gasteiger partial charge in [0.15, 0.2) is 5.96 Å². The molecule has 0 amide bonds. The second-order valence-electron chi connectivity index (χ2n) is 7.29. The fourth-order valence-corrected chi connectivity index (χ4v) is 4.24. The van der Waals surface area contributed by atoms with Crippen LogP contribution in [-0.2, 0) is 9.47 Å². The van der Waals surface area contributed by atoms with Crippen LogP contribution in [0.4, 0.5) is 0 Å². The van der Waals surface area contributed by atoms with E-state index in [0.717, 1.165) is 58.1 Å². The highest BCUT2D eigenvalue weighted by molar-refractivity contribution is 14.0. The topological polar surface area (TPSA) is 58.1 Å². The Labute approximate surface area is 176 Å². The van der Waals surface area contributed by atoms with Gasteiger partial charge in [-0.3, -0.25) is 4.99 Å². The highest BCUT2D eigenvalue weighted by Crippen LogP contribution is 2.48. The average Bonchev–Trinajstić information content (AvgIpc) is 2.60. The normalized spacial score (nSPS) is 28.8. The third kappa shape index (κ3) is 5.69. The molecule has 6 nitrogen and oxygen atoms in total. The lowest BCUT2D eigenvalue weighted by atomic mass is 9.58. The Balaban J connectivity index is 0.00000338. The number of nitrogens with zero attached hydrogens (tertiary/aromatic N) is 2. The number of hydrogen-bond donors (Lipinski definition) is 2. The Kier molecular flexibility index (Phi) is 10.7. The molecule has 0 aromatic heterocycles. The number of hydrogen-bond acceptors (Lipinski definition) is 4. The first-order valence-corrected chi connectivity index (χ1v) is 10.1. The molecule has 1 heterocycles. The van der Waals surface area contributed by atoms with Gasteiger partial charge in [0, 0.05) is 37.7 Å². The van der Waals surface area contributed by atoms with E-state index >= 15 is 0 Å². The summed E-state index contributed by atoms with van der Waals surface area (Å²) in [6, 6.07) is 0.423. The van der Waals surface area contributed by atoms with Crippen LogP contribution in [0.2, 0.25) is 0 Å². The third-order valence-corrected chi connectivity index (χ3v) is 5.92. The highest BCUT2D eigenvalue weighted by atomic mass is 127. The second-order valence-corrected chi connectivity index (χ2v) is 7.29. The predicted octanol–water partition coefficient (Wildman–Crippen LogP) is 2.47. The summed E-state index contributed by atoms with van der Waals surface area (Å²) in [5, 5.41) is 7.07. The van der Waals surface area contributed by atoms with Crippen molar-refractivity contribution in [3.8, 4) is 0 Å². The minimum absolute atomic E-state index is 0. The maximum absolute atomic E-state index is 5.99. The van der Waals surface area contributed by atoms with Crippen LogP contribution in [0.15, 0.2) is 4.99 Å². The summed E-state index contributed by atoms with van der Waals surface area (Å²) in [7, 11) is 2.14. The SMILES string of the molecule is CCNC(=NCC1CN(C)CCO1)NC1CC(OCC)C1(CC)CC.I. The smallest absolute Gasteiger partial charge is 0.191 e. The van der Waals surface area contributed by atoms with Gasteiger partial charge in [0.2, 0.25) is 0 Å². The molecule has 26 heavy (non-hydrogen) atoms. The molecule has 2 aliphatic rings. The van der Waals surface area contributed by atoms with Gasteiger partial charge in [-0.25, -0.2) is 0 Å². The van der Waals surface area contributed by atoms with Crippen LogP contribution in [0, 0.1) is 5.41 Å². The fraction of sp³-hybridized carbons (Fsp3) is 0.947. The monoisotopic (exact) mass is 482 g/mol. The summed E-state index contributed by atoms with van der Waals surface area (Å²) in [6.45, 7) is 13.9. The molecule has 2 N–H and O–H groups in total. The Hall–Kier alpha value is -0.120. The number of morpholine rings is 1. The average molecular weight is 482 g/mol. The Morgan fingerprint density at radius 3 is 2.58 bits per heavy atom. The predicted molar refractivity (Wildman–Crippen MR) is 119 cm³/mol. The van der Waals surface area contributed by atoms with E-state index in [1.807, 2.05) is 0 Å². The highest BCUT2D eigenvalue weighted by Gasteiger charge is 2.53. The molecule has 2 fully saturated rings. The van der Waals surface area contributed by atoms with Crippen LogP contribution in [-0.4, -0.2) is 75.5 Å². The Morgan fingerprint density at radius 2 is 2.00 bits per heavy atom. The van der Waals surface area contributed by atoms with E-state index in [-0.39, 0.29) is 35.5 Å². The lowest BCUT2D eigenvalue weighted by Crippen LogP contribution is -2.65. The maximum Gasteiger partial charge on any atom is 0.191 e. The molecule has 0 bridgehead atoms. The summed E-state index contributed by atoms with van der Waals surface area (Å²) in [5.74, 6) is 0.908. The van der Waals surface area contributed by atoms with Crippen LogP contribution in [0.5, 0.6) is 0 Å². The van der Waals surface area contributed by atoms with Crippen molar-refractivity contribution in [3.63, 3.8) is 0 Å². The van der Waals surface area contributed by atoms with Gasteiger partial charge in [-0.05, 0) is 40.2 Å². The van der Waals surface area contributed by atoms with Crippen LogP contribution in [0.25, 0.3) is 0 Å². The summed E-state index contributed by atoms with van der Waals surface area (Å²) < 4.78 is 11.8. The first kappa shape index (κ1) is 23.9. The number of nitrogens with one attached hydrogen (secondary N) is 2. The molecule has 2 rings (SSSR count). The lowest BCUT2D eigenvalue weighted by molar-refractivity contribution is -0.133. The molecule has 1 saturated heterocycles. The first-order chi connectivity index (χ1) is 12.1. The minimum Gasteiger partial charge on any atom is -0.378 e. The van der Waals surface area contributed by atoms with E-state index in [9.17, 15) is 0 Å². The van der Waals surface area contributed by atoms with Crippen LogP contribution >= 0.6 is 24.0 Å². The van der Waals surface area contributed by atoms with Crippen LogP contribution < -0.4 is 10.6 Å². The van der Waals surface area contributed by atoms with Gasteiger partial charge in [0.1, 0.15) is 0 Å². The molecule has 0 radical (unpaired) electrons. The number of guanidine groups is 1. The molecule has 1 aliphatic heterocycles. The number of likely N-dealkylation sites (N-methyl/N-ethyl adjacent to an activating group) is 1. The molecular formula is C19H39IN4O2. The molecule has 3 atom stereocenters. The van der Waals surface area contributed by atoms with Gasteiger partial charge in [-0.1, -0.05) is 13.8 Å². The molecule has 1 aliphatic carbocycles. The lowest BCUT2D eigenvalue weighted by Gasteiger charge is -2.55. The zero-order valence-electron chi connectivity index (χ0n) is 17.2. The molecule has 7 heteroatoms. The van der Waals surface area contributed by atoms with E-state index in [2.05, 4.69) is 50.3 Å². The van der Waals surface area contributed by atoms with Crippen molar-refractivity contribution < 1.29 is 9.47 Å². The van der Waals surface area contributed by atoms with Crippen molar-refractivity contribution in [1.82, 2.24) is 15.5 Å². The van der Waals surface area contributed by atoms with Gasteiger partial charge in [-0.15, -0.1) is 24.0 Å². The van der Waals surface area contributed by atoms with Gasteiger partial charge >= 0.3 is 0 Å². The van der Waals surface area contributed by atoms with Crippen molar-refractivity contribution in [2.75, 3.05) is 46.4 Å². The van der Waals surface area contributed by atoms with E-state index in [1.165, 1.54) is 0 Å². The van der Waals surface area contributed by atoms with E-state index < -0.39 is 0 Å². The van der Waals surface area contributed by atoms with Gasteiger partial charge < -0.3 is 25.0 Å². The van der Waals surface area contributed by atoms with Crippen molar-refractivity contribution in [2.45, 2.75) is 65.2 Å². The zero-order valence-corrected chi connectivity index (χ0v) is 19.5. The zero-order chi connectivity index (χ0) is 18.3. The standard InChI is InChI=1S/C19H38N4O2.HI/c1-6-19(7-2)16(12-17(19)24-9-4)22-18(20-8-3)21-13-15-14-23(5)10-11-25-15;/h15-17H,6-14H2,1-5H3,(H2,20,21,22);1H. The summed E-state index contributed by atoms with van der Waals surface area (Å²) in [5.41, 5.74) is 0.216. The third-order valence-electron chi connectivity index (χ3n) is 5.92. The molecule has 154 valence electrons.